The summed E-state index contributed by atoms with van der Waals surface area (Å²) in [5.41, 5.74) is 1.85. The van der Waals surface area contributed by atoms with Crippen LogP contribution in [0.25, 0.3) is 10.4 Å². The zero-order chi connectivity index (χ0) is 16.1. The molecule has 3 aromatic rings. The van der Waals surface area contributed by atoms with Crippen LogP contribution in [-0.4, -0.2) is 11.5 Å². The lowest BCUT2D eigenvalue weighted by molar-refractivity contribution is 0.631. The highest BCUT2D eigenvalue weighted by molar-refractivity contribution is 7.15. The van der Waals surface area contributed by atoms with Gasteiger partial charge in [-0.25, -0.2) is 9.37 Å². The number of rotatable bonds is 6. The SMILES string of the molecule is Fc1ccccc1-c1cnc(CNCCc2ccc(Cl)cc2)s1. The number of hydrogen-bond donors (Lipinski definition) is 1. The first-order chi connectivity index (χ1) is 11.2. The largest absolute Gasteiger partial charge is 0.310 e. The molecule has 1 heterocycles. The first-order valence-electron chi connectivity index (χ1n) is 7.37. The second-order valence-electron chi connectivity index (χ2n) is 5.15. The fraction of sp³-hybridized carbons (Fsp3) is 0.167. The van der Waals surface area contributed by atoms with Gasteiger partial charge in [-0.3, -0.25) is 0 Å². The van der Waals surface area contributed by atoms with Crippen LogP contribution in [0.5, 0.6) is 0 Å². The maximum atomic E-state index is 13.8. The second kappa shape index (κ2) is 7.68. The molecular weight excluding hydrogens is 331 g/mol. The predicted octanol–water partition coefficient (Wildman–Crippen LogP) is 4.93. The van der Waals surface area contributed by atoms with Crippen LogP contribution < -0.4 is 5.32 Å². The number of benzene rings is 2. The van der Waals surface area contributed by atoms with Gasteiger partial charge in [0.1, 0.15) is 10.8 Å². The molecule has 0 bridgehead atoms. The van der Waals surface area contributed by atoms with E-state index in [0.717, 1.165) is 27.9 Å². The molecule has 1 N–H and O–H groups in total. The maximum Gasteiger partial charge on any atom is 0.131 e. The van der Waals surface area contributed by atoms with Crippen LogP contribution in [0.1, 0.15) is 10.6 Å². The van der Waals surface area contributed by atoms with Gasteiger partial charge in [-0.2, -0.15) is 0 Å². The molecule has 0 aliphatic rings. The van der Waals surface area contributed by atoms with Gasteiger partial charge in [-0.05, 0) is 36.7 Å². The summed E-state index contributed by atoms with van der Waals surface area (Å²) >= 11 is 7.39. The van der Waals surface area contributed by atoms with E-state index in [1.165, 1.54) is 23.0 Å². The molecule has 0 unspecified atom stereocenters. The van der Waals surface area contributed by atoms with E-state index in [1.54, 1.807) is 18.3 Å². The van der Waals surface area contributed by atoms with Gasteiger partial charge in [0.2, 0.25) is 0 Å². The van der Waals surface area contributed by atoms with E-state index in [0.29, 0.717) is 12.1 Å². The number of hydrogen-bond acceptors (Lipinski definition) is 3. The maximum absolute atomic E-state index is 13.8. The lowest BCUT2D eigenvalue weighted by atomic mass is 10.1. The molecule has 0 fully saturated rings. The number of nitrogens with one attached hydrogen (secondary N) is 1. The standard InChI is InChI=1S/C18H16ClFN2S/c19-14-7-5-13(6-8-14)9-10-21-12-18-22-11-17(23-18)15-3-1-2-4-16(15)20/h1-8,11,21H,9-10,12H2. The molecule has 0 saturated heterocycles. The summed E-state index contributed by atoms with van der Waals surface area (Å²) in [4.78, 5) is 5.22. The van der Waals surface area contributed by atoms with Crippen LogP contribution in [0, 0.1) is 5.82 Å². The van der Waals surface area contributed by atoms with Crippen LogP contribution in [0.2, 0.25) is 5.02 Å². The molecule has 2 nitrogen and oxygen atoms in total. The Morgan fingerprint density at radius 2 is 1.87 bits per heavy atom. The molecule has 5 heteroatoms. The van der Waals surface area contributed by atoms with Gasteiger partial charge in [0.25, 0.3) is 0 Å². The van der Waals surface area contributed by atoms with Gasteiger partial charge in [0.05, 0.1) is 4.88 Å². The van der Waals surface area contributed by atoms with Crippen molar-refractivity contribution in [2.45, 2.75) is 13.0 Å². The quantitative estimate of drug-likeness (QED) is 0.640. The third kappa shape index (κ3) is 4.38. The summed E-state index contributed by atoms with van der Waals surface area (Å²) in [5.74, 6) is -0.210. The van der Waals surface area contributed by atoms with Crippen LogP contribution in [0.3, 0.4) is 0 Å². The molecule has 0 saturated carbocycles. The Kier molecular flexibility index (Phi) is 5.39. The Morgan fingerprint density at radius 1 is 1.09 bits per heavy atom. The van der Waals surface area contributed by atoms with Crippen molar-refractivity contribution in [1.82, 2.24) is 10.3 Å². The van der Waals surface area contributed by atoms with E-state index in [2.05, 4.69) is 10.3 Å². The zero-order valence-corrected chi connectivity index (χ0v) is 14.0. The molecule has 3 rings (SSSR count). The topological polar surface area (TPSA) is 24.9 Å². The van der Waals surface area contributed by atoms with Crippen molar-refractivity contribution in [3.05, 3.63) is 76.1 Å². The van der Waals surface area contributed by atoms with Gasteiger partial charge in [-0.1, -0.05) is 41.9 Å². The molecular formula is C18H16ClFN2S. The Bertz CT molecular complexity index is 771. The highest BCUT2D eigenvalue weighted by Crippen LogP contribution is 2.28. The summed E-state index contributed by atoms with van der Waals surface area (Å²) in [6, 6.07) is 14.6. The van der Waals surface area contributed by atoms with E-state index in [4.69, 9.17) is 11.6 Å². The second-order valence-corrected chi connectivity index (χ2v) is 6.70. The van der Waals surface area contributed by atoms with Crippen LogP contribution >= 0.6 is 22.9 Å². The molecule has 0 spiro atoms. The van der Waals surface area contributed by atoms with E-state index >= 15 is 0 Å². The smallest absolute Gasteiger partial charge is 0.131 e. The lowest BCUT2D eigenvalue weighted by Crippen LogP contribution is -2.16. The molecule has 1 aromatic heterocycles. The monoisotopic (exact) mass is 346 g/mol. The summed E-state index contributed by atoms with van der Waals surface area (Å²) in [6.45, 7) is 1.54. The lowest BCUT2D eigenvalue weighted by Gasteiger charge is -2.03. The Morgan fingerprint density at radius 3 is 2.65 bits per heavy atom. The van der Waals surface area contributed by atoms with Gasteiger partial charge in [-0.15, -0.1) is 11.3 Å². The summed E-state index contributed by atoms with van der Waals surface area (Å²) in [6.07, 6.45) is 2.67. The summed E-state index contributed by atoms with van der Waals surface area (Å²) < 4.78 is 13.8. The van der Waals surface area contributed by atoms with Crippen molar-refractivity contribution < 1.29 is 4.39 Å². The third-order valence-corrected chi connectivity index (χ3v) is 4.76. The van der Waals surface area contributed by atoms with Crippen molar-refractivity contribution in [1.29, 1.82) is 0 Å². The Balaban J connectivity index is 1.52. The fourth-order valence-electron chi connectivity index (χ4n) is 2.26. The highest BCUT2D eigenvalue weighted by Gasteiger charge is 2.08. The molecule has 118 valence electrons. The third-order valence-electron chi connectivity index (χ3n) is 3.47. The van der Waals surface area contributed by atoms with E-state index in [9.17, 15) is 4.39 Å². The molecule has 0 amide bonds. The van der Waals surface area contributed by atoms with E-state index < -0.39 is 0 Å². The van der Waals surface area contributed by atoms with Crippen molar-refractivity contribution in [2.75, 3.05) is 6.54 Å². The fourth-order valence-corrected chi connectivity index (χ4v) is 3.30. The molecule has 0 aliphatic heterocycles. The van der Waals surface area contributed by atoms with Crippen molar-refractivity contribution >= 4 is 22.9 Å². The van der Waals surface area contributed by atoms with Crippen molar-refractivity contribution in [3.63, 3.8) is 0 Å². The zero-order valence-electron chi connectivity index (χ0n) is 12.4. The molecule has 0 aliphatic carbocycles. The summed E-state index contributed by atoms with van der Waals surface area (Å²) in [5, 5.41) is 5.08. The molecule has 0 atom stereocenters. The van der Waals surface area contributed by atoms with E-state index in [-0.39, 0.29) is 5.82 Å². The summed E-state index contributed by atoms with van der Waals surface area (Å²) in [7, 11) is 0. The van der Waals surface area contributed by atoms with Gasteiger partial charge < -0.3 is 5.32 Å². The first-order valence-corrected chi connectivity index (χ1v) is 8.56. The minimum absolute atomic E-state index is 0.210. The Hall–Kier alpha value is -1.75. The van der Waals surface area contributed by atoms with Gasteiger partial charge >= 0.3 is 0 Å². The molecule has 2 aromatic carbocycles. The van der Waals surface area contributed by atoms with Crippen LogP contribution in [0.4, 0.5) is 4.39 Å². The van der Waals surface area contributed by atoms with Crippen LogP contribution in [-0.2, 0) is 13.0 Å². The van der Waals surface area contributed by atoms with Gasteiger partial charge in [0, 0.05) is 23.3 Å². The highest BCUT2D eigenvalue weighted by atomic mass is 35.5. The minimum atomic E-state index is -0.210. The first kappa shape index (κ1) is 16.1. The minimum Gasteiger partial charge on any atom is -0.310 e. The van der Waals surface area contributed by atoms with E-state index in [1.807, 2.05) is 30.3 Å². The molecule has 23 heavy (non-hydrogen) atoms. The normalized spacial score (nSPS) is 10.9. The van der Waals surface area contributed by atoms with Crippen molar-refractivity contribution in [3.8, 4) is 10.4 Å². The number of thiazole rings is 1. The van der Waals surface area contributed by atoms with Crippen molar-refractivity contribution in [2.24, 2.45) is 0 Å². The van der Waals surface area contributed by atoms with Crippen LogP contribution in [0.15, 0.2) is 54.7 Å². The average Bonchev–Trinajstić information content (AvgIpc) is 3.02. The molecule has 0 radical (unpaired) electrons. The van der Waals surface area contributed by atoms with Gasteiger partial charge in [0.15, 0.2) is 0 Å². The average molecular weight is 347 g/mol. The number of halogens is 2. The number of aromatic nitrogens is 1. The number of nitrogens with zero attached hydrogens (tertiary/aromatic N) is 1. The Labute approximate surface area is 144 Å². The predicted molar refractivity (Wildman–Crippen MR) is 94.4 cm³/mol.